The van der Waals surface area contributed by atoms with Crippen LogP contribution in [0.25, 0.3) is 10.8 Å². The molecule has 0 amide bonds. The molecule has 0 unspecified atom stereocenters. The largest absolute Gasteiger partial charge is 0.368 e. The first-order valence-corrected chi connectivity index (χ1v) is 15.5. The van der Waals surface area contributed by atoms with Gasteiger partial charge >= 0.3 is 0 Å². The molecule has 2 aromatic heterocycles. The van der Waals surface area contributed by atoms with Crippen molar-refractivity contribution in [3.8, 4) is 0 Å². The zero-order valence-electron chi connectivity index (χ0n) is 22.7. The van der Waals surface area contributed by atoms with Crippen molar-refractivity contribution < 1.29 is 17.2 Å². The van der Waals surface area contributed by atoms with Crippen molar-refractivity contribution in [3.05, 3.63) is 48.0 Å². The quantitative estimate of drug-likeness (QED) is 0.417. The average molecular weight is 559 g/mol. The molecule has 1 saturated carbocycles. The van der Waals surface area contributed by atoms with Crippen molar-refractivity contribution in [1.82, 2.24) is 15.0 Å². The van der Waals surface area contributed by atoms with Gasteiger partial charge in [0.2, 0.25) is 0 Å². The Kier molecular flexibility index (Phi) is 7.26. The van der Waals surface area contributed by atoms with Gasteiger partial charge in [0.1, 0.15) is 27.3 Å². The summed E-state index contributed by atoms with van der Waals surface area (Å²) in [4.78, 5) is 15.7. The van der Waals surface area contributed by atoms with E-state index >= 15 is 0 Å². The number of alkyl halides is 2. The van der Waals surface area contributed by atoms with Crippen molar-refractivity contribution in [2.24, 2.45) is 11.7 Å². The van der Waals surface area contributed by atoms with E-state index in [0.29, 0.717) is 30.4 Å². The van der Waals surface area contributed by atoms with Crippen LogP contribution in [0, 0.1) is 5.92 Å². The fourth-order valence-electron chi connectivity index (χ4n) is 5.82. The van der Waals surface area contributed by atoms with Gasteiger partial charge in [-0.1, -0.05) is 19.9 Å². The molecule has 1 aliphatic carbocycles. The SMILES string of the molecule is CC(C)c1ccc(N2C[C@H](CS(C)(=O)=O)[C@H]2C)c2cnc(Nc3ccnc([C@@H]4CC[C@@H](N)C(F)(F)C4)n3)cc12. The van der Waals surface area contributed by atoms with Crippen LogP contribution in [0.3, 0.4) is 0 Å². The lowest BCUT2D eigenvalue weighted by Crippen LogP contribution is -2.57. The van der Waals surface area contributed by atoms with Gasteiger partial charge in [-0.25, -0.2) is 32.2 Å². The summed E-state index contributed by atoms with van der Waals surface area (Å²) in [7, 11) is -3.04. The number of nitrogens with two attached hydrogens (primary N) is 1. The van der Waals surface area contributed by atoms with Gasteiger partial charge in [-0.05, 0) is 54.8 Å². The van der Waals surface area contributed by atoms with Crippen molar-refractivity contribution in [3.63, 3.8) is 0 Å². The number of nitrogens with zero attached hydrogens (tertiary/aromatic N) is 4. The number of aromatic nitrogens is 3. The van der Waals surface area contributed by atoms with Crippen molar-refractivity contribution in [2.45, 2.75) is 69.9 Å². The lowest BCUT2D eigenvalue weighted by atomic mass is 9.83. The molecular formula is C28H36F2N6O2S. The molecular weight excluding hydrogens is 522 g/mol. The maximum Gasteiger partial charge on any atom is 0.263 e. The highest BCUT2D eigenvalue weighted by atomic mass is 32.2. The van der Waals surface area contributed by atoms with E-state index in [1.165, 1.54) is 11.8 Å². The molecule has 1 aromatic carbocycles. The molecule has 0 bridgehead atoms. The second-order valence-electron chi connectivity index (χ2n) is 11.5. The monoisotopic (exact) mass is 558 g/mol. The standard InChI is InChI=1S/C28H36F2N6O2S/c1-16(2)20-6-7-23(36-14-19(17(36)3)15-39(4,37)38)22-13-33-26(11-21(20)22)34-25-9-10-32-27(35-25)18-5-8-24(31)28(29,30)12-18/h6-7,9-11,13,16-19,24H,5,8,12,14-15,31H2,1-4H3,(H,32,33,34,35)/t17-,18-,19-,24-/m1/s1. The van der Waals surface area contributed by atoms with Crippen LogP contribution in [0.4, 0.5) is 26.1 Å². The first kappa shape index (κ1) is 27.6. The highest BCUT2D eigenvalue weighted by Gasteiger charge is 2.44. The second-order valence-corrected chi connectivity index (χ2v) is 13.6. The first-order chi connectivity index (χ1) is 18.3. The Balaban J connectivity index is 1.41. The molecule has 4 atom stereocenters. The predicted octanol–water partition coefficient (Wildman–Crippen LogP) is 4.99. The van der Waals surface area contributed by atoms with Crippen molar-refractivity contribution in [1.29, 1.82) is 0 Å². The molecule has 3 aromatic rings. The summed E-state index contributed by atoms with van der Waals surface area (Å²) in [5, 5.41) is 5.29. The number of pyridine rings is 1. The molecule has 1 saturated heterocycles. The van der Waals surface area contributed by atoms with Crippen LogP contribution in [0.1, 0.15) is 63.3 Å². The van der Waals surface area contributed by atoms with Gasteiger partial charge in [0.25, 0.3) is 5.92 Å². The zero-order chi connectivity index (χ0) is 28.1. The summed E-state index contributed by atoms with van der Waals surface area (Å²) in [5.74, 6) is -1.36. The molecule has 3 N–H and O–H groups in total. The van der Waals surface area contributed by atoms with E-state index in [1.807, 2.05) is 12.3 Å². The average Bonchev–Trinajstić information content (AvgIpc) is 2.86. The van der Waals surface area contributed by atoms with Crippen LogP contribution in [0.5, 0.6) is 0 Å². The lowest BCUT2D eigenvalue weighted by molar-refractivity contribution is -0.0591. The van der Waals surface area contributed by atoms with Gasteiger partial charge < -0.3 is 16.0 Å². The molecule has 3 heterocycles. The number of anilines is 3. The van der Waals surface area contributed by atoms with E-state index in [2.05, 4.69) is 58.1 Å². The highest BCUT2D eigenvalue weighted by molar-refractivity contribution is 7.90. The number of nitrogens with one attached hydrogen (secondary N) is 1. The lowest BCUT2D eigenvalue weighted by Gasteiger charge is -2.48. The van der Waals surface area contributed by atoms with E-state index in [9.17, 15) is 17.2 Å². The maximum atomic E-state index is 14.2. The number of hydrogen-bond donors (Lipinski definition) is 2. The smallest absolute Gasteiger partial charge is 0.263 e. The van der Waals surface area contributed by atoms with Gasteiger partial charge in [0.05, 0.1) is 11.8 Å². The number of fused-ring (bicyclic) bond motifs is 1. The minimum Gasteiger partial charge on any atom is -0.368 e. The van der Waals surface area contributed by atoms with Crippen molar-refractivity contribution >= 4 is 37.9 Å². The molecule has 39 heavy (non-hydrogen) atoms. The molecule has 2 fully saturated rings. The highest BCUT2D eigenvalue weighted by Crippen LogP contribution is 2.41. The van der Waals surface area contributed by atoms with Gasteiger partial charge in [0, 0.05) is 60.6 Å². The molecule has 0 spiro atoms. The zero-order valence-corrected chi connectivity index (χ0v) is 23.5. The number of sulfone groups is 1. The van der Waals surface area contributed by atoms with Crippen LogP contribution in [-0.4, -0.2) is 59.9 Å². The molecule has 8 nitrogen and oxygen atoms in total. The minimum atomic E-state index is -3.04. The maximum absolute atomic E-state index is 14.2. The second kappa shape index (κ2) is 10.2. The molecule has 1 aliphatic heterocycles. The van der Waals surface area contributed by atoms with E-state index in [-0.39, 0.29) is 36.5 Å². The van der Waals surface area contributed by atoms with E-state index in [4.69, 9.17) is 5.73 Å². The summed E-state index contributed by atoms with van der Waals surface area (Å²) in [5.41, 5.74) is 7.81. The van der Waals surface area contributed by atoms with Crippen molar-refractivity contribution in [2.75, 3.05) is 28.8 Å². The predicted molar refractivity (Wildman–Crippen MR) is 151 cm³/mol. The Bertz CT molecular complexity index is 1480. The minimum absolute atomic E-state index is 0.0977. The number of benzene rings is 1. The molecule has 2 aliphatic rings. The number of rotatable bonds is 7. The molecule has 210 valence electrons. The number of halogens is 2. The molecule has 5 rings (SSSR count). The Hall–Kier alpha value is -2.92. The molecule has 11 heteroatoms. The fourth-order valence-corrected chi connectivity index (χ4v) is 6.98. The van der Waals surface area contributed by atoms with E-state index in [0.717, 1.165) is 16.5 Å². The first-order valence-electron chi connectivity index (χ1n) is 13.4. The third-order valence-corrected chi connectivity index (χ3v) is 9.18. The Morgan fingerprint density at radius 2 is 1.92 bits per heavy atom. The normalized spacial score (nSPS) is 25.1. The van der Waals surface area contributed by atoms with Gasteiger partial charge in [0.15, 0.2) is 0 Å². The van der Waals surface area contributed by atoms with Crippen LogP contribution < -0.4 is 16.0 Å². The summed E-state index contributed by atoms with van der Waals surface area (Å²) in [6.45, 7) is 7.02. The topological polar surface area (TPSA) is 114 Å². The van der Waals surface area contributed by atoms with Crippen LogP contribution in [0.15, 0.2) is 36.7 Å². The fraction of sp³-hybridized carbons (Fsp3) is 0.536. The van der Waals surface area contributed by atoms with E-state index < -0.39 is 27.7 Å². The van der Waals surface area contributed by atoms with Crippen LogP contribution in [-0.2, 0) is 9.84 Å². The Morgan fingerprint density at radius 1 is 1.15 bits per heavy atom. The van der Waals surface area contributed by atoms with E-state index in [1.54, 1.807) is 12.3 Å². The summed E-state index contributed by atoms with van der Waals surface area (Å²) in [6, 6.07) is 6.89. The van der Waals surface area contributed by atoms with Crippen LogP contribution in [0.2, 0.25) is 0 Å². The third kappa shape index (κ3) is 5.70. The third-order valence-electron chi connectivity index (χ3n) is 8.15. The van der Waals surface area contributed by atoms with Gasteiger partial charge in [-0.3, -0.25) is 0 Å². The van der Waals surface area contributed by atoms with Gasteiger partial charge in [-0.2, -0.15) is 0 Å². The Labute approximate surface area is 228 Å². The summed E-state index contributed by atoms with van der Waals surface area (Å²) in [6.07, 6.45) is 5.10. The van der Waals surface area contributed by atoms with Gasteiger partial charge in [-0.15, -0.1) is 0 Å². The number of hydrogen-bond acceptors (Lipinski definition) is 8. The molecule has 0 radical (unpaired) electrons. The summed E-state index contributed by atoms with van der Waals surface area (Å²) < 4.78 is 52.1. The Morgan fingerprint density at radius 3 is 2.59 bits per heavy atom. The van der Waals surface area contributed by atoms with Crippen LogP contribution >= 0.6 is 0 Å². The summed E-state index contributed by atoms with van der Waals surface area (Å²) >= 11 is 0.